The van der Waals surface area contributed by atoms with Crippen LogP contribution in [0.1, 0.15) is 30.5 Å². The van der Waals surface area contributed by atoms with Crippen molar-refractivity contribution in [2.24, 2.45) is 0 Å². The molecule has 0 aromatic heterocycles. The van der Waals surface area contributed by atoms with Crippen LogP contribution in [0.3, 0.4) is 0 Å². The fourth-order valence-corrected chi connectivity index (χ4v) is 2.74. The average Bonchev–Trinajstić information content (AvgIpc) is 2.60. The van der Waals surface area contributed by atoms with Gasteiger partial charge in [0.05, 0.1) is 18.6 Å². The van der Waals surface area contributed by atoms with E-state index in [-0.39, 0.29) is 12.4 Å². The average molecular weight is 365 g/mol. The highest BCUT2D eigenvalue weighted by Gasteiger charge is 2.30. The van der Waals surface area contributed by atoms with Crippen molar-refractivity contribution in [3.63, 3.8) is 0 Å². The Bertz CT molecular complexity index is 740. The first kappa shape index (κ1) is 20.0. The van der Waals surface area contributed by atoms with Gasteiger partial charge in [-0.3, -0.25) is 4.79 Å². The summed E-state index contributed by atoms with van der Waals surface area (Å²) in [5.74, 6) is -0.324. The van der Waals surface area contributed by atoms with Gasteiger partial charge in [-0.25, -0.2) is 0 Å². The molecule has 0 radical (unpaired) electrons. The maximum Gasteiger partial charge on any atom is 0.416 e. The molecule has 0 aliphatic heterocycles. The molecule has 0 heterocycles. The second kappa shape index (κ2) is 8.85. The number of esters is 1. The number of benzene rings is 2. The van der Waals surface area contributed by atoms with Gasteiger partial charge in [0.15, 0.2) is 0 Å². The van der Waals surface area contributed by atoms with Crippen molar-refractivity contribution in [1.82, 2.24) is 5.32 Å². The zero-order valence-corrected chi connectivity index (χ0v) is 14.8. The van der Waals surface area contributed by atoms with E-state index in [0.717, 1.165) is 35.4 Å². The number of carbonyl (C=O) groups excluding carboxylic acids is 1. The molecule has 26 heavy (non-hydrogen) atoms. The predicted octanol–water partition coefficient (Wildman–Crippen LogP) is 4.59. The van der Waals surface area contributed by atoms with E-state index >= 15 is 0 Å². The Kier molecular flexibility index (Phi) is 6.80. The molecule has 0 atom stereocenters. The number of hydrogen-bond acceptors (Lipinski definition) is 3. The van der Waals surface area contributed by atoms with E-state index in [2.05, 4.69) is 5.32 Å². The lowest BCUT2D eigenvalue weighted by atomic mass is 9.93. The fourth-order valence-electron chi connectivity index (χ4n) is 2.74. The Morgan fingerprint density at radius 1 is 1.08 bits per heavy atom. The summed E-state index contributed by atoms with van der Waals surface area (Å²) in [6.07, 6.45) is -4.24. The Morgan fingerprint density at radius 2 is 1.77 bits per heavy atom. The quantitative estimate of drug-likeness (QED) is 0.730. The van der Waals surface area contributed by atoms with Gasteiger partial charge in [0.1, 0.15) is 0 Å². The van der Waals surface area contributed by atoms with Crippen molar-refractivity contribution in [2.75, 3.05) is 13.2 Å². The first-order valence-electron chi connectivity index (χ1n) is 8.51. The standard InChI is InChI=1S/C20H22F3NO2/c1-3-24-13-18-15(12-19(25)26-4-2)6-5-7-17(18)14-8-10-16(11-9-14)20(21,22)23/h5-11,24H,3-4,12-13H2,1-2H3. The summed E-state index contributed by atoms with van der Waals surface area (Å²) in [4.78, 5) is 11.9. The number of ether oxygens (including phenoxy) is 1. The van der Waals surface area contributed by atoms with E-state index < -0.39 is 11.7 Å². The maximum absolute atomic E-state index is 12.8. The van der Waals surface area contributed by atoms with E-state index in [1.165, 1.54) is 12.1 Å². The minimum absolute atomic E-state index is 0.128. The molecule has 0 amide bonds. The Hall–Kier alpha value is -2.34. The van der Waals surface area contributed by atoms with Crippen molar-refractivity contribution in [3.8, 4) is 11.1 Å². The largest absolute Gasteiger partial charge is 0.466 e. The van der Waals surface area contributed by atoms with Gasteiger partial charge >= 0.3 is 12.1 Å². The summed E-state index contributed by atoms with van der Waals surface area (Å²) < 4.78 is 43.4. The third kappa shape index (κ3) is 5.08. The van der Waals surface area contributed by atoms with E-state index in [4.69, 9.17) is 4.74 Å². The minimum Gasteiger partial charge on any atom is -0.466 e. The van der Waals surface area contributed by atoms with Crippen molar-refractivity contribution in [2.45, 2.75) is 33.0 Å². The SMILES string of the molecule is CCNCc1c(CC(=O)OCC)cccc1-c1ccc(C(F)(F)F)cc1. The lowest BCUT2D eigenvalue weighted by Crippen LogP contribution is -2.16. The number of rotatable bonds is 7. The van der Waals surface area contributed by atoms with E-state index in [1.54, 1.807) is 13.0 Å². The molecule has 3 nitrogen and oxygen atoms in total. The minimum atomic E-state index is -4.36. The second-order valence-corrected chi connectivity index (χ2v) is 5.78. The Labute approximate surface area is 151 Å². The smallest absolute Gasteiger partial charge is 0.416 e. The summed E-state index contributed by atoms with van der Waals surface area (Å²) in [5.41, 5.74) is 2.50. The Balaban J connectivity index is 2.41. The molecule has 0 aliphatic carbocycles. The van der Waals surface area contributed by atoms with Crippen LogP contribution in [0, 0.1) is 0 Å². The summed E-state index contributed by atoms with van der Waals surface area (Å²) in [5, 5.41) is 3.22. The molecule has 1 N–H and O–H groups in total. The van der Waals surface area contributed by atoms with Crippen LogP contribution < -0.4 is 5.32 Å². The van der Waals surface area contributed by atoms with Gasteiger partial charge in [-0.2, -0.15) is 13.2 Å². The van der Waals surface area contributed by atoms with Crippen LogP contribution in [0.15, 0.2) is 42.5 Å². The second-order valence-electron chi connectivity index (χ2n) is 5.78. The van der Waals surface area contributed by atoms with E-state index in [9.17, 15) is 18.0 Å². The zero-order valence-electron chi connectivity index (χ0n) is 14.8. The van der Waals surface area contributed by atoms with Crippen molar-refractivity contribution >= 4 is 5.97 Å². The maximum atomic E-state index is 12.8. The van der Waals surface area contributed by atoms with Gasteiger partial charge < -0.3 is 10.1 Å². The van der Waals surface area contributed by atoms with Crippen LogP contribution >= 0.6 is 0 Å². The topological polar surface area (TPSA) is 38.3 Å². The van der Waals surface area contributed by atoms with Gasteiger partial charge in [0.2, 0.25) is 0 Å². The van der Waals surface area contributed by atoms with Gasteiger partial charge in [-0.1, -0.05) is 37.3 Å². The van der Waals surface area contributed by atoms with Crippen LogP contribution in [-0.4, -0.2) is 19.1 Å². The monoisotopic (exact) mass is 365 g/mol. The van der Waals surface area contributed by atoms with Crippen LogP contribution in [0.25, 0.3) is 11.1 Å². The highest BCUT2D eigenvalue weighted by atomic mass is 19.4. The van der Waals surface area contributed by atoms with E-state index in [1.807, 2.05) is 19.1 Å². The summed E-state index contributed by atoms with van der Waals surface area (Å²) in [6.45, 7) is 5.27. The van der Waals surface area contributed by atoms with Gasteiger partial charge in [0.25, 0.3) is 0 Å². The third-order valence-electron chi connectivity index (χ3n) is 3.99. The molecule has 2 rings (SSSR count). The number of hydrogen-bond donors (Lipinski definition) is 1. The molecule has 2 aromatic carbocycles. The van der Waals surface area contributed by atoms with Gasteiger partial charge in [-0.05, 0) is 47.9 Å². The third-order valence-corrected chi connectivity index (χ3v) is 3.99. The summed E-state index contributed by atoms with van der Waals surface area (Å²) in [6, 6.07) is 10.6. The Morgan fingerprint density at radius 3 is 2.35 bits per heavy atom. The van der Waals surface area contributed by atoms with Crippen molar-refractivity contribution < 1.29 is 22.7 Å². The molecule has 6 heteroatoms. The van der Waals surface area contributed by atoms with Crippen LogP contribution in [0.5, 0.6) is 0 Å². The van der Waals surface area contributed by atoms with Gasteiger partial charge in [0, 0.05) is 6.54 Å². The van der Waals surface area contributed by atoms with E-state index in [0.29, 0.717) is 18.7 Å². The molecular weight excluding hydrogens is 343 g/mol. The first-order valence-corrected chi connectivity index (χ1v) is 8.51. The van der Waals surface area contributed by atoms with Crippen molar-refractivity contribution in [1.29, 1.82) is 0 Å². The predicted molar refractivity (Wildman–Crippen MR) is 94.6 cm³/mol. The zero-order chi connectivity index (χ0) is 19.2. The molecular formula is C20H22F3NO2. The molecule has 2 aromatic rings. The molecule has 0 unspecified atom stereocenters. The molecule has 0 saturated carbocycles. The van der Waals surface area contributed by atoms with Crippen LogP contribution in [-0.2, 0) is 28.7 Å². The van der Waals surface area contributed by atoms with Gasteiger partial charge in [-0.15, -0.1) is 0 Å². The van der Waals surface area contributed by atoms with Crippen molar-refractivity contribution in [3.05, 3.63) is 59.2 Å². The molecule has 140 valence electrons. The first-order chi connectivity index (χ1) is 12.4. The highest BCUT2D eigenvalue weighted by Crippen LogP contribution is 2.32. The molecule has 0 aliphatic rings. The molecule has 0 bridgehead atoms. The number of halogens is 3. The number of carbonyl (C=O) groups is 1. The number of nitrogens with one attached hydrogen (secondary N) is 1. The highest BCUT2D eigenvalue weighted by molar-refractivity contribution is 5.76. The lowest BCUT2D eigenvalue weighted by molar-refractivity contribution is -0.142. The fraction of sp³-hybridized carbons (Fsp3) is 0.350. The molecule has 0 spiro atoms. The normalized spacial score (nSPS) is 11.4. The molecule has 0 saturated heterocycles. The lowest BCUT2D eigenvalue weighted by Gasteiger charge is -2.16. The molecule has 0 fully saturated rings. The van der Waals surface area contributed by atoms with Crippen LogP contribution in [0.2, 0.25) is 0 Å². The summed E-state index contributed by atoms with van der Waals surface area (Å²) in [7, 11) is 0. The number of alkyl halides is 3. The van der Waals surface area contributed by atoms with Crippen LogP contribution in [0.4, 0.5) is 13.2 Å². The summed E-state index contributed by atoms with van der Waals surface area (Å²) >= 11 is 0.